The Labute approximate surface area is 162 Å². The minimum atomic E-state index is -0.137. The third-order valence-electron chi connectivity index (χ3n) is 6.41. The Morgan fingerprint density at radius 1 is 1.15 bits per heavy atom. The van der Waals surface area contributed by atoms with E-state index in [2.05, 4.69) is 0 Å². The van der Waals surface area contributed by atoms with Crippen molar-refractivity contribution in [2.45, 2.75) is 38.2 Å². The van der Waals surface area contributed by atoms with Crippen molar-refractivity contribution in [3.63, 3.8) is 0 Å². The van der Waals surface area contributed by atoms with Gasteiger partial charge in [0.25, 0.3) is 5.91 Å². The maximum absolute atomic E-state index is 12.7. The highest BCUT2D eigenvalue weighted by Gasteiger charge is 2.54. The fourth-order valence-corrected chi connectivity index (χ4v) is 4.55. The molecule has 5 nitrogen and oxygen atoms in total. The molecule has 27 heavy (non-hydrogen) atoms. The lowest BCUT2D eigenvalue weighted by Crippen LogP contribution is -2.66. The van der Waals surface area contributed by atoms with E-state index < -0.39 is 0 Å². The van der Waals surface area contributed by atoms with Gasteiger partial charge in [-0.05, 0) is 56.6 Å². The van der Waals surface area contributed by atoms with Gasteiger partial charge in [-0.25, -0.2) is 0 Å². The quantitative estimate of drug-likeness (QED) is 0.719. The summed E-state index contributed by atoms with van der Waals surface area (Å²) in [6.07, 6.45) is 4.34. The van der Waals surface area contributed by atoms with Crippen LogP contribution in [0.3, 0.4) is 0 Å². The first-order valence-electron chi connectivity index (χ1n) is 10.3. The van der Waals surface area contributed by atoms with Crippen LogP contribution >= 0.6 is 0 Å². The standard InChI is InChI=1S/C22H31NO4/c1-17-2-4-19(5-3-17)21(24)23-15-22(16-23)20(9-13-27-22)8-12-26-14-18-6-10-25-11-7-18/h2-5,18,20H,6-16H2,1H3. The number of ether oxygens (including phenoxy) is 3. The van der Waals surface area contributed by atoms with Crippen LogP contribution in [0.25, 0.3) is 0 Å². The molecule has 1 amide bonds. The van der Waals surface area contributed by atoms with Gasteiger partial charge in [0.15, 0.2) is 0 Å². The normalized spacial score (nSPS) is 24.9. The van der Waals surface area contributed by atoms with Crippen molar-refractivity contribution in [3.8, 4) is 0 Å². The lowest BCUT2D eigenvalue weighted by molar-refractivity contribution is -0.121. The van der Waals surface area contributed by atoms with E-state index in [1.165, 1.54) is 5.56 Å². The van der Waals surface area contributed by atoms with E-state index in [9.17, 15) is 4.79 Å². The molecule has 148 valence electrons. The van der Waals surface area contributed by atoms with Gasteiger partial charge >= 0.3 is 0 Å². The second-order valence-corrected chi connectivity index (χ2v) is 8.35. The number of rotatable bonds is 6. The van der Waals surface area contributed by atoms with Gasteiger partial charge in [-0.3, -0.25) is 4.79 Å². The van der Waals surface area contributed by atoms with Crippen LogP contribution < -0.4 is 0 Å². The van der Waals surface area contributed by atoms with Crippen molar-refractivity contribution in [1.82, 2.24) is 4.90 Å². The summed E-state index contributed by atoms with van der Waals surface area (Å²) >= 11 is 0. The molecule has 0 radical (unpaired) electrons. The second kappa shape index (κ2) is 8.29. The molecular weight excluding hydrogens is 342 g/mol. The number of likely N-dealkylation sites (tertiary alicyclic amines) is 1. The van der Waals surface area contributed by atoms with E-state index in [4.69, 9.17) is 14.2 Å². The summed E-state index contributed by atoms with van der Waals surface area (Å²) in [4.78, 5) is 14.6. The molecule has 3 aliphatic heterocycles. The Morgan fingerprint density at radius 2 is 1.89 bits per heavy atom. The van der Waals surface area contributed by atoms with Gasteiger partial charge in [-0.2, -0.15) is 0 Å². The Kier molecular flexibility index (Phi) is 5.81. The van der Waals surface area contributed by atoms with Crippen molar-refractivity contribution in [2.75, 3.05) is 46.1 Å². The molecule has 0 saturated carbocycles. The largest absolute Gasteiger partial charge is 0.381 e. The molecule has 1 atom stereocenters. The van der Waals surface area contributed by atoms with Crippen LogP contribution in [0, 0.1) is 18.8 Å². The van der Waals surface area contributed by atoms with Gasteiger partial charge in [0.05, 0.1) is 13.1 Å². The Morgan fingerprint density at radius 3 is 2.63 bits per heavy atom. The summed E-state index contributed by atoms with van der Waals surface area (Å²) in [6, 6.07) is 7.82. The molecule has 4 rings (SSSR count). The number of nitrogens with zero attached hydrogens (tertiary/aromatic N) is 1. The summed E-state index contributed by atoms with van der Waals surface area (Å²) in [7, 11) is 0. The molecule has 3 saturated heterocycles. The summed E-state index contributed by atoms with van der Waals surface area (Å²) in [5.74, 6) is 1.26. The third-order valence-corrected chi connectivity index (χ3v) is 6.41. The highest BCUT2D eigenvalue weighted by Crippen LogP contribution is 2.42. The zero-order valence-electron chi connectivity index (χ0n) is 16.3. The molecule has 3 fully saturated rings. The van der Waals surface area contributed by atoms with E-state index in [0.717, 1.165) is 64.3 Å². The van der Waals surface area contributed by atoms with Crippen molar-refractivity contribution in [2.24, 2.45) is 11.8 Å². The van der Waals surface area contributed by atoms with Crippen LogP contribution in [0.4, 0.5) is 0 Å². The van der Waals surface area contributed by atoms with Crippen molar-refractivity contribution < 1.29 is 19.0 Å². The predicted octanol–water partition coefficient (Wildman–Crippen LogP) is 3.06. The zero-order chi connectivity index (χ0) is 18.7. The van der Waals surface area contributed by atoms with Gasteiger partial charge in [-0.1, -0.05) is 17.7 Å². The number of benzene rings is 1. The highest BCUT2D eigenvalue weighted by atomic mass is 16.5. The number of carbonyl (C=O) groups is 1. The van der Waals surface area contributed by atoms with E-state index in [0.29, 0.717) is 24.9 Å². The molecule has 1 aromatic rings. The zero-order valence-corrected chi connectivity index (χ0v) is 16.3. The smallest absolute Gasteiger partial charge is 0.254 e. The summed E-state index contributed by atoms with van der Waals surface area (Å²) in [5, 5.41) is 0. The number of carbonyl (C=O) groups excluding carboxylic acids is 1. The van der Waals surface area contributed by atoms with Crippen molar-refractivity contribution in [1.29, 1.82) is 0 Å². The SMILES string of the molecule is Cc1ccc(C(=O)N2CC3(C2)OCCC3CCOCC2CCOCC2)cc1. The Hall–Kier alpha value is -1.43. The van der Waals surface area contributed by atoms with Gasteiger partial charge in [0.2, 0.25) is 0 Å². The average molecular weight is 373 g/mol. The molecule has 3 aliphatic rings. The minimum absolute atomic E-state index is 0.116. The summed E-state index contributed by atoms with van der Waals surface area (Å²) in [5.41, 5.74) is 1.80. The molecule has 0 N–H and O–H groups in total. The number of amides is 1. The first-order chi connectivity index (χ1) is 13.2. The Bertz CT molecular complexity index is 632. The van der Waals surface area contributed by atoms with Crippen LogP contribution in [0.15, 0.2) is 24.3 Å². The van der Waals surface area contributed by atoms with Gasteiger partial charge in [-0.15, -0.1) is 0 Å². The molecule has 0 aromatic heterocycles. The topological polar surface area (TPSA) is 48.0 Å². The fraction of sp³-hybridized carbons (Fsp3) is 0.682. The lowest BCUT2D eigenvalue weighted by Gasteiger charge is -2.50. The highest BCUT2D eigenvalue weighted by molar-refractivity contribution is 5.95. The molecule has 1 aromatic carbocycles. The van der Waals surface area contributed by atoms with Crippen LogP contribution in [0.2, 0.25) is 0 Å². The van der Waals surface area contributed by atoms with E-state index in [1.807, 2.05) is 36.1 Å². The summed E-state index contributed by atoms with van der Waals surface area (Å²) in [6.45, 7) is 7.65. The molecular formula is C22H31NO4. The van der Waals surface area contributed by atoms with E-state index in [1.54, 1.807) is 0 Å². The van der Waals surface area contributed by atoms with Crippen molar-refractivity contribution >= 4 is 5.91 Å². The first kappa shape index (κ1) is 18.9. The molecule has 0 aliphatic carbocycles. The van der Waals surface area contributed by atoms with Crippen LogP contribution in [0.5, 0.6) is 0 Å². The maximum atomic E-state index is 12.7. The molecule has 1 unspecified atom stereocenters. The van der Waals surface area contributed by atoms with Crippen LogP contribution in [0.1, 0.15) is 41.6 Å². The van der Waals surface area contributed by atoms with Crippen LogP contribution in [-0.4, -0.2) is 62.5 Å². The molecule has 5 heteroatoms. The minimum Gasteiger partial charge on any atom is -0.381 e. The lowest BCUT2D eigenvalue weighted by atomic mass is 9.79. The third kappa shape index (κ3) is 4.20. The molecule has 1 spiro atoms. The predicted molar refractivity (Wildman–Crippen MR) is 103 cm³/mol. The van der Waals surface area contributed by atoms with Gasteiger partial charge < -0.3 is 19.1 Å². The first-order valence-corrected chi connectivity index (χ1v) is 10.3. The number of hydrogen-bond acceptors (Lipinski definition) is 4. The van der Waals surface area contributed by atoms with Gasteiger partial charge in [0, 0.05) is 38.6 Å². The van der Waals surface area contributed by atoms with E-state index in [-0.39, 0.29) is 11.5 Å². The second-order valence-electron chi connectivity index (χ2n) is 8.35. The molecule has 0 bridgehead atoms. The Balaban J connectivity index is 1.23. The number of aryl methyl sites for hydroxylation is 1. The van der Waals surface area contributed by atoms with Crippen LogP contribution in [-0.2, 0) is 14.2 Å². The molecule has 3 heterocycles. The average Bonchev–Trinajstić information content (AvgIpc) is 3.09. The maximum Gasteiger partial charge on any atom is 0.254 e. The van der Waals surface area contributed by atoms with E-state index >= 15 is 0 Å². The summed E-state index contributed by atoms with van der Waals surface area (Å²) < 4.78 is 17.5. The van der Waals surface area contributed by atoms with Crippen molar-refractivity contribution in [3.05, 3.63) is 35.4 Å². The monoisotopic (exact) mass is 373 g/mol. The number of hydrogen-bond donors (Lipinski definition) is 0. The fourth-order valence-electron chi connectivity index (χ4n) is 4.55. The van der Waals surface area contributed by atoms with Gasteiger partial charge in [0.1, 0.15) is 5.60 Å².